The van der Waals surface area contributed by atoms with E-state index in [1.807, 2.05) is 6.92 Å². The van der Waals surface area contributed by atoms with Crippen molar-refractivity contribution in [1.29, 1.82) is 0 Å². The normalized spacial score (nSPS) is 11.8. The van der Waals surface area contributed by atoms with Gasteiger partial charge in [-0.1, -0.05) is 24.9 Å². The number of hydrogen-bond donors (Lipinski definition) is 0. The number of alkyl halides is 3. The van der Waals surface area contributed by atoms with Gasteiger partial charge < -0.3 is 0 Å². The van der Waals surface area contributed by atoms with Crippen LogP contribution in [-0.2, 0) is 6.18 Å². The van der Waals surface area contributed by atoms with Crippen molar-refractivity contribution < 1.29 is 13.2 Å². The first-order valence-corrected chi connectivity index (χ1v) is 6.17. The van der Waals surface area contributed by atoms with Crippen LogP contribution >= 0.6 is 23.4 Å². The molecule has 0 unspecified atom stereocenters. The molecule has 0 N–H and O–H groups in total. The number of thioether (sulfide) groups is 1. The fraction of sp³-hybridized carbons (Fsp3) is 0.500. The van der Waals surface area contributed by atoms with Crippen LogP contribution in [0.5, 0.6) is 0 Å². The van der Waals surface area contributed by atoms with E-state index in [0.717, 1.165) is 30.9 Å². The molecule has 0 aromatic carbocycles. The summed E-state index contributed by atoms with van der Waals surface area (Å²) in [4.78, 5) is 3.73. The molecule has 1 aromatic rings. The van der Waals surface area contributed by atoms with E-state index in [0.29, 0.717) is 5.03 Å². The van der Waals surface area contributed by atoms with Gasteiger partial charge in [0.1, 0.15) is 5.03 Å². The van der Waals surface area contributed by atoms with E-state index in [1.165, 1.54) is 11.8 Å². The van der Waals surface area contributed by atoms with Crippen molar-refractivity contribution in [2.45, 2.75) is 31.0 Å². The van der Waals surface area contributed by atoms with Gasteiger partial charge in [-0.3, -0.25) is 0 Å². The van der Waals surface area contributed by atoms with Gasteiger partial charge in [-0.25, -0.2) is 4.98 Å². The van der Waals surface area contributed by atoms with Crippen LogP contribution in [0.3, 0.4) is 0 Å². The topological polar surface area (TPSA) is 12.9 Å². The van der Waals surface area contributed by atoms with Crippen LogP contribution in [0.4, 0.5) is 13.2 Å². The number of hydrogen-bond acceptors (Lipinski definition) is 2. The Hall–Kier alpha value is -0.420. The van der Waals surface area contributed by atoms with Crippen LogP contribution in [-0.4, -0.2) is 10.7 Å². The van der Waals surface area contributed by atoms with Crippen LogP contribution in [0.15, 0.2) is 17.3 Å². The van der Waals surface area contributed by atoms with Gasteiger partial charge in [0.2, 0.25) is 0 Å². The van der Waals surface area contributed by atoms with Crippen molar-refractivity contribution in [3.05, 3.63) is 22.8 Å². The quantitative estimate of drug-likeness (QED) is 0.583. The van der Waals surface area contributed by atoms with Crippen LogP contribution in [0.25, 0.3) is 0 Å². The second-order valence-electron chi connectivity index (χ2n) is 3.21. The summed E-state index contributed by atoms with van der Waals surface area (Å²) < 4.78 is 36.9. The third-order valence-electron chi connectivity index (χ3n) is 1.87. The van der Waals surface area contributed by atoms with Crippen molar-refractivity contribution in [2.75, 3.05) is 5.75 Å². The number of pyridine rings is 1. The molecule has 1 heterocycles. The molecule has 0 fully saturated rings. The Kier molecular flexibility index (Phi) is 4.92. The molecule has 0 aliphatic carbocycles. The van der Waals surface area contributed by atoms with Crippen LogP contribution in [0, 0.1) is 0 Å². The maximum Gasteiger partial charge on any atom is 0.417 e. The van der Waals surface area contributed by atoms with E-state index in [1.54, 1.807) is 0 Å². The maximum atomic E-state index is 12.3. The van der Waals surface area contributed by atoms with Gasteiger partial charge in [0.05, 0.1) is 10.6 Å². The zero-order chi connectivity index (χ0) is 12.2. The first-order chi connectivity index (χ1) is 7.45. The number of aromatic nitrogens is 1. The molecule has 1 rings (SSSR count). The monoisotopic (exact) mass is 269 g/mol. The number of rotatable bonds is 4. The van der Waals surface area contributed by atoms with Gasteiger partial charge in [-0.15, -0.1) is 11.8 Å². The summed E-state index contributed by atoms with van der Waals surface area (Å²) in [6.45, 7) is 2.04. The standard InChI is InChI=1S/C10H11ClF3NS/c1-2-3-4-16-9-8(11)5-7(6-15-9)10(12,13)14/h5-6H,2-4H2,1H3. The molecule has 16 heavy (non-hydrogen) atoms. The van der Waals surface area contributed by atoms with Gasteiger partial charge in [0.25, 0.3) is 0 Å². The Morgan fingerprint density at radius 2 is 2.12 bits per heavy atom. The summed E-state index contributed by atoms with van der Waals surface area (Å²) in [7, 11) is 0. The molecule has 0 bridgehead atoms. The van der Waals surface area contributed by atoms with Gasteiger partial charge >= 0.3 is 6.18 Å². The van der Waals surface area contributed by atoms with Crippen molar-refractivity contribution in [1.82, 2.24) is 4.98 Å². The molecular weight excluding hydrogens is 259 g/mol. The average Bonchev–Trinajstić information content (AvgIpc) is 2.19. The van der Waals surface area contributed by atoms with Crippen LogP contribution in [0.1, 0.15) is 25.3 Å². The Bertz CT molecular complexity index is 354. The summed E-state index contributed by atoms with van der Waals surface area (Å²) >= 11 is 7.11. The average molecular weight is 270 g/mol. The highest BCUT2D eigenvalue weighted by Crippen LogP contribution is 2.33. The fourth-order valence-electron chi connectivity index (χ4n) is 1.000. The first-order valence-electron chi connectivity index (χ1n) is 4.80. The molecule has 0 aliphatic heterocycles. The number of nitrogens with zero attached hydrogens (tertiary/aromatic N) is 1. The molecule has 0 radical (unpaired) electrons. The molecule has 0 atom stereocenters. The number of unbranched alkanes of at least 4 members (excludes halogenated alkanes) is 1. The summed E-state index contributed by atoms with van der Waals surface area (Å²) in [5.41, 5.74) is -0.808. The van der Waals surface area contributed by atoms with Crippen molar-refractivity contribution in [3.8, 4) is 0 Å². The van der Waals surface area contributed by atoms with Gasteiger partial charge in [-0.05, 0) is 18.2 Å². The van der Waals surface area contributed by atoms with E-state index in [9.17, 15) is 13.2 Å². The third-order valence-corrected chi connectivity index (χ3v) is 3.36. The predicted octanol–water partition coefficient (Wildman–Crippen LogP) is 4.65. The molecule has 6 heteroatoms. The van der Waals surface area contributed by atoms with E-state index in [-0.39, 0.29) is 5.02 Å². The second kappa shape index (κ2) is 5.77. The van der Waals surface area contributed by atoms with Gasteiger partial charge in [0.15, 0.2) is 0 Å². The maximum absolute atomic E-state index is 12.3. The lowest BCUT2D eigenvalue weighted by molar-refractivity contribution is -0.137. The zero-order valence-electron chi connectivity index (χ0n) is 8.64. The molecule has 90 valence electrons. The Morgan fingerprint density at radius 3 is 2.62 bits per heavy atom. The SMILES string of the molecule is CCCCSc1ncc(C(F)(F)F)cc1Cl. The first kappa shape index (κ1) is 13.6. The minimum absolute atomic E-state index is 0.0657. The second-order valence-corrected chi connectivity index (χ2v) is 4.70. The highest BCUT2D eigenvalue weighted by atomic mass is 35.5. The Labute approximate surface area is 101 Å². The summed E-state index contributed by atoms with van der Waals surface area (Å²) in [6.07, 6.45) is -1.54. The lowest BCUT2D eigenvalue weighted by Gasteiger charge is -2.08. The summed E-state index contributed by atoms with van der Waals surface area (Å²) in [5.74, 6) is 0.814. The highest BCUT2D eigenvalue weighted by molar-refractivity contribution is 7.99. The minimum Gasteiger partial charge on any atom is -0.248 e. The zero-order valence-corrected chi connectivity index (χ0v) is 10.2. The molecule has 0 saturated carbocycles. The van der Waals surface area contributed by atoms with E-state index < -0.39 is 11.7 Å². The Morgan fingerprint density at radius 1 is 1.44 bits per heavy atom. The van der Waals surface area contributed by atoms with Gasteiger partial charge in [0, 0.05) is 6.20 Å². The molecule has 1 aromatic heterocycles. The Balaban J connectivity index is 2.76. The van der Waals surface area contributed by atoms with Crippen molar-refractivity contribution in [2.24, 2.45) is 0 Å². The van der Waals surface area contributed by atoms with Crippen molar-refractivity contribution >= 4 is 23.4 Å². The third kappa shape index (κ3) is 3.87. The molecule has 0 spiro atoms. The molecule has 0 aliphatic rings. The van der Waals surface area contributed by atoms with E-state index in [4.69, 9.17) is 11.6 Å². The van der Waals surface area contributed by atoms with Crippen LogP contribution < -0.4 is 0 Å². The summed E-state index contributed by atoms with van der Waals surface area (Å²) in [6, 6.07) is 0.919. The number of halogens is 4. The minimum atomic E-state index is -4.39. The smallest absolute Gasteiger partial charge is 0.248 e. The largest absolute Gasteiger partial charge is 0.417 e. The summed E-state index contributed by atoms with van der Waals surface area (Å²) in [5, 5.41) is 0.527. The van der Waals surface area contributed by atoms with Crippen LogP contribution in [0.2, 0.25) is 5.02 Å². The van der Waals surface area contributed by atoms with Gasteiger partial charge in [-0.2, -0.15) is 13.2 Å². The van der Waals surface area contributed by atoms with E-state index >= 15 is 0 Å². The van der Waals surface area contributed by atoms with Crippen molar-refractivity contribution in [3.63, 3.8) is 0 Å². The lowest BCUT2D eigenvalue weighted by atomic mass is 10.3. The highest BCUT2D eigenvalue weighted by Gasteiger charge is 2.31. The van der Waals surface area contributed by atoms with E-state index in [2.05, 4.69) is 4.98 Å². The fourth-order valence-corrected chi connectivity index (χ4v) is 2.28. The molecule has 1 nitrogen and oxygen atoms in total. The molecule has 0 amide bonds. The molecule has 0 saturated heterocycles. The predicted molar refractivity (Wildman–Crippen MR) is 59.9 cm³/mol. The molecular formula is C10H11ClF3NS. The lowest BCUT2D eigenvalue weighted by Crippen LogP contribution is -2.05.